The Labute approximate surface area is 585 Å². The molecule has 0 fully saturated rings. The van der Waals surface area contributed by atoms with Crippen molar-refractivity contribution in [3.8, 4) is 50.6 Å². The van der Waals surface area contributed by atoms with Gasteiger partial charge in [-0.1, -0.05) is 205 Å². The maximum Gasteiger partial charge on any atom is 0.150 e. The minimum Gasteiger partial charge on any atom is -0.489 e. The molecule has 8 heteroatoms. The quantitative estimate of drug-likeness (QED) is 0.0900. The third-order valence-electron chi connectivity index (χ3n) is 21.4. The molecular weight excluding hydrogens is 1250 g/mol. The van der Waals surface area contributed by atoms with Crippen molar-refractivity contribution in [3.63, 3.8) is 0 Å². The number of ether oxygens (including phenoxy) is 2. The standard InChI is InChI=1S/C93H66F4N2O2/c1-58-17-32-67(33-18-58)92(69-36-47-75(48-37-69)100-57-60-21-22-63-23-25-65(63)53-60)82-11-5-3-9-78(82)80-51-44-73(55-84(80)92)98(90-86(94)13-7-14-87(90)95)71-40-27-61(28-41-71)62-29-42-72(43-30-62)99(91-88(96)15-8-16-89(91)97)74-45-52-81-79-10-4-6-12-83(79)93(85(81)56-74,68-34-19-59(2)20-35-68)70-38-49-76(50-39-70)101-77-46-31-64-24-26-66(64)54-77/h3-22,27-56H,23-26,57H2,1-2H3. The minimum absolute atomic E-state index is 0.222. The second kappa shape index (κ2) is 24.5. The molecule has 0 saturated carbocycles. The van der Waals surface area contributed by atoms with Gasteiger partial charge in [-0.2, -0.15) is 0 Å². The lowest BCUT2D eigenvalue weighted by atomic mass is 9.67. The maximum atomic E-state index is 16.8. The van der Waals surface area contributed by atoms with Crippen LogP contribution in [0.5, 0.6) is 17.2 Å². The fourth-order valence-corrected chi connectivity index (χ4v) is 16.3. The number of anilines is 6. The van der Waals surface area contributed by atoms with Gasteiger partial charge < -0.3 is 19.3 Å². The molecule has 0 amide bonds. The van der Waals surface area contributed by atoms with E-state index in [0.717, 1.165) is 132 Å². The van der Waals surface area contributed by atoms with Gasteiger partial charge >= 0.3 is 0 Å². The zero-order valence-electron chi connectivity index (χ0n) is 55.6. The lowest BCUT2D eigenvalue weighted by Gasteiger charge is -2.35. The largest absolute Gasteiger partial charge is 0.489 e. The van der Waals surface area contributed by atoms with Gasteiger partial charge in [0.25, 0.3) is 0 Å². The lowest BCUT2D eigenvalue weighted by molar-refractivity contribution is 0.306. The molecule has 18 rings (SSSR count). The van der Waals surface area contributed by atoms with Crippen LogP contribution in [0, 0.1) is 37.1 Å². The predicted molar refractivity (Wildman–Crippen MR) is 397 cm³/mol. The Balaban J connectivity index is 0.713. The van der Waals surface area contributed by atoms with Crippen molar-refractivity contribution < 1.29 is 27.0 Å². The van der Waals surface area contributed by atoms with Gasteiger partial charge in [0.15, 0.2) is 0 Å². The molecule has 0 N–H and O–H groups in total. The number of fused-ring (bicyclic) bond motifs is 8. The van der Waals surface area contributed by atoms with Crippen molar-refractivity contribution >= 4 is 34.1 Å². The van der Waals surface area contributed by atoms with Crippen molar-refractivity contribution in [1.82, 2.24) is 0 Å². The summed E-state index contributed by atoms with van der Waals surface area (Å²) in [5.41, 5.74) is 22.8. The zero-order valence-corrected chi connectivity index (χ0v) is 55.6. The molecule has 0 aromatic heterocycles. The Morgan fingerprint density at radius 3 is 1.11 bits per heavy atom. The Morgan fingerprint density at radius 1 is 0.307 bits per heavy atom. The smallest absolute Gasteiger partial charge is 0.150 e. The number of halogens is 4. The summed E-state index contributed by atoms with van der Waals surface area (Å²) >= 11 is 0. The van der Waals surface area contributed by atoms with Gasteiger partial charge in [-0.3, -0.25) is 0 Å². The van der Waals surface area contributed by atoms with Crippen molar-refractivity contribution in [3.05, 3.63) is 410 Å². The highest BCUT2D eigenvalue weighted by molar-refractivity contribution is 5.92. The average molecular weight is 1320 g/mol. The van der Waals surface area contributed by atoms with Crippen molar-refractivity contribution in [2.24, 2.45) is 0 Å². The molecule has 0 aliphatic heterocycles. The van der Waals surface area contributed by atoms with Crippen LogP contribution in [-0.2, 0) is 43.1 Å². The van der Waals surface area contributed by atoms with Gasteiger partial charge in [0, 0.05) is 22.7 Å². The van der Waals surface area contributed by atoms with Gasteiger partial charge in [-0.15, -0.1) is 0 Å². The van der Waals surface area contributed by atoms with E-state index in [1.165, 1.54) is 58.7 Å². The number of aryl methyl sites for hydroxylation is 6. The molecule has 4 nitrogen and oxygen atoms in total. The van der Waals surface area contributed by atoms with Crippen LogP contribution in [0.1, 0.15) is 83.5 Å². The number of rotatable bonds is 16. The third kappa shape index (κ3) is 10.2. The van der Waals surface area contributed by atoms with Crippen LogP contribution in [0.4, 0.5) is 51.7 Å². The average Bonchev–Trinajstić information content (AvgIpc) is 1.55. The Hall–Kier alpha value is -12.0. The molecule has 0 spiro atoms. The summed E-state index contributed by atoms with van der Waals surface area (Å²) in [5.74, 6) is -0.635. The van der Waals surface area contributed by atoms with E-state index in [0.29, 0.717) is 35.1 Å². The summed E-state index contributed by atoms with van der Waals surface area (Å²) in [6.07, 6.45) is 4.37. The SMILES string of the molecule is Cc1ccc(C2(c3ccc(OCc4ccc5c(c4)CC5)cc3)c3ccccc3-c3ccc(N(c4ccc(-c5ccc(N(c6ccc7c(c6)C(c6ccc(C)cc6)(c6ccc(Oc8ccc9c(c8)CC9)cc6)c6ccccc6-7)c6c(F)cccc6F)cc5)cc4)c4c(F)cccc4F)cc32)cc1. The van der Waals surface area contributed by atoms with Crippen LogP contribution < -0.4 is 19.3 Å². The molecule has 2 unspecified atom stereocenters. The van der Waals surface area contributed by atoms with Crippen LogP contribution in [-0.4, -0.2) is 0 Å². The van der Waals surface area contributed by atoms with E-state index >= 15 is 17.6 Å². The van der Waals surface area contributed by atoms with Crippen LogP contribution >= 0.6 is 0 Å². The van der Waals surface area contributed by atoms with Crippen LogP contribution in [0.3, 0.4) is 0 Å². The van der Waals surface area contributed by atoms with E-state index in [4.69, 9.17) is 9.47 Å². The Bertz CT molecular complexity index is 5540. The predicted octanol–water partition coefficient (Wildman–Crippen LogP) is 23.8. The van der Waals surface area contributed by atoms with Gasteiger partial charge in [-0.25, -0.2) is 17.6 Å². The molecule has 14 aromatic rings. The molecule has 2 atom stereocenters. The van der Waals surface area contributed by atoms with Gasteiger partial charge in [0.05, 0.1) is 10.8 Å². The van der Waals surface area contributed by atoms with Crippen LogP contribution in [0.2, 0.25) is 0 Å². The number of hydrogen-bond acceptors (Lipinski definition) is 4. The minimum atomic E-state index is -0.863. The normalized spacial score (nSPS) is 15.6. The second-order valence-corrected chi connectivity index (χ2v) is 27.2. The van der Waals surface area contributed by atoms with Crippen molar-refractivity contribution in [2.75, 3.05) is 9.80 Å². The van der Waals surface area contributed by atoms with E-state index < -0.39 is 34.1 Å². The second-order valence-electron chi connectivity index (χ2n) is 27.2. The van der Waals surface area contributed by atoms with Crippen LogP contribution in [0.15, 0.2) is 303 Å². The highest BCUT2D eigenvalue weighted by atomic mass is 19.1. The van der Waals surface area contributed by atoms with E-state index in [1.54, 1.807) is 9.80 Å². The molecule has 14 aromatic carbocycles. The van der Waals surface area contributed by atoms with Crippen molar-refractivity contribution in [2.45, 2.75) is 57.0 Å². The van der Waals surface area contributed by atoms with Gasteiger partial charge in [-0.05, 0) is 254 Å². The molecule has 0 saturated heterocycles. The molecule has 0 heterocycles. The van der Waals surface area contributed by atoms with E-state index in [9.17, 15) is 0 Å². The lowest BCUT2D eigenvalue weighted by Crippen LogP contribution is -2.29. The Kier molecular flexibility index (Phi) is 14.9. The molecule has 0 radical (unpaired) electrons. The van der Waals surface area contributed by atoms with Crippen molar-refractivity contribution in [1.29, 1.82) is 0 Å². The number of para-hydroxylation sites is 2. The first-order chi connectivity index (χ1) is 49.5. The number of nitrogens with zero attached hydrogens (tertiary/aromatic N) is 2. The van der Waals surface area contributed by atoms with Crippen LogP contribution in [0.25, 0.3) is 33.4 Å². The maximum absolute atomic E-state index is 16.8. The number of hydrogen-bond donors (Lipinski definition) is 0. The third-order valence-corrected chi connectivity index (χ3v) is 21.4. The topological polar surface area (TPSA) is 24.9 Å². The van der Waals surface area contributed by atoms with E-state index in [-0.39, 0.29) is 11.4 Å². The van der Waals surface area contributed by atoms with E-state index in [1.807, 2.05) is 91.0 Å². The summed E-state index contributed by atoms with van der Waals surface area (Å²) in [6, 6.07) is 99.3. The first-order valence-corrected chi connectivity index (χ1v) is 34.5. The first-order valence-electron chi connectivity index (χ1n) is 34.5. The monoisotopic (exact) mass is 1320 g/mol. The molecule has 0 bridgehead atoms. The highest BCUT2D eigenvalue weighted by Crippen LogP contribution is 2.60. The highest BCUT2D eigenvalue weighted by Gasteiger charge is 2.48. The van der Waals surface area contributed by atoms with Gasteiger partial charge in [0.2, 0.25) is 0 Å². The fourth-order valence-electron chi connectivity index (χ4n) is 16.3. The van der Waals surface area contributed by atoms with E-state index in [2.05, 4.69) is 190 Å². The molecule has 101 heavy (non-hydrogen) atoms. The van der Waals surface area contributed by atoms with Gasteiger partial charge in [0.1, 0.15) is 58.5 Å². The summed E-state index contributed by atoms with van der Waals surface area (Å²) in [4.78, 5) is 3.33. The Morgan fingerprint density at radius 2 is 0.683 bits per heavy atom. The molecule has 4 aliphatic rings. The summed E-state index contributed by atoms with van der Waals surface area (Å²) < 4.78 is 79.9. The molecular formula is C93H66F4N2O2. The summed E-state index contributed by atoms with van der Waals surface area (Å²) in [6.45, 7) is 4.62. The fraction of sp³-hybridized carbons (Fsp3) is 0.0968. The molecule has 4 aliphatic carbocycles. The number of benzene rings is 14. The summed E-state index contributed by atoms with van der Waals surface area (Å²) in [7, 11) is 0. The summed E-state index contributed by atoms with van der Waals surface area (Å²) in [5, 5.41) is 0. The molecule has 488 valence electrons. The zero-order chi connectivity index (χ0) is 68.1. The first kappa shape index (κ1) is 61.3.